The molecule has 0 saturated carbocycles. The molecule has 0 fully saturated rings. The van der Waals surface area contributed by atoms with Crippen LogP contribution in [0.25, 0.3) is 16.9 Å². The molecule has 0 saturated heterocycles. The number of hydrogen-bond donors (Lipinski definition) is 1. The van der Waals surface area contributed by atoms with Gasteiger partial charge in [0.25, 0.3) is 0 Å². The van der Waals surface area contributed by atoms with Crippen molar-refractivity contribution in [3.8, 4) is 5.82 Å². The fourth-order valence-corrected chi connectivity index (χ4v) is 3.21. The number of aryl methyl sites for hydroxylation is 1. The average Bonchev–Trinajstić information content (AvgIpc) is 2.97. The largest absolute Gasteiger partial charge is 0.416 e. The number of alkyl halides is 3. The summed E-state index contributed by atoms with van der Waals surface area (Å²) in [5.41, 5.74) is 1.09. The fourth-order valence-electron chi connectivity index (χ4n) is 2.90. The summed E-state index contributed by atoms with van der Waals surface area (Å²) >= 11 is 12.2. The Kier molecular flexibility index (Phi) is 4.84. The van der Waals surface area contributed by atoms with E-state index in [2.05, 4.69) is 20.3 Å². The third-order valence-electron chi connectivity index (χ3n) is 4.20. The molecule has 2 heterocycles. The second-order valence-electron chi connectivity index (χ2n) is 6.21. The van der Waals surface area contributed by atoms with Crippen molar-refractivity contribution in [2.75, 3.05) is 5.32 Å². The van der Waals surface area contributed by atoms with E-state index in [0.29, 0.717) is 44.2 Å². The first-order valence-electron chi connectivity index (χ1n) is 8.33. The lowest BCUT2D eigenvalue weighted by Gasteiger charge is -2.11. The lowest BCUT2D eigenvalue weighted by atomic mass is 10.2. The molecule has 0 bridgehead atoms. The zero-order chi connectivity index (χ0) is 20.8. The van der Waals surface area contributed by atoms with E-state index in [0.717, 1.165) is 12.1 Å². The van der Waals surface area contributed by atoms with Gasteiger partial charge in [0.2, 0.25) is 0 Å². The maximum absolute atomic E-state index is 12.7. The lowest BCUT2D eigenvalue weighted by Crippen LogP contribution is -2.05. The van der Waals surface area contributed by atoms with Gasteiger partial charge in [-0.3, -0.25) is 9.55 Å². The quantitative estimate of drug-likeness (QED) is 0.414. The predicted molar refractivity (Wildman–Crippen MR) is 106 cm³/mol. The molecule has 0 aliphatic rings. The van der Waals surface area contributed by atoms with Crippen molar-refractivity contribution in [3.05, 3.63) is 70.2 Å². The SMILES string of the molecule is Cc1nc2cc(Cl)c(Cl)cc2n1-c1cncc(Nc2ccc(C(F)(F)F)cc2)n1. The Morgan fingerprint density at radius 2 is 1.66 bits per heavy atom. The molecule has 4 rings (SSSR count). The summed E-state index contributed by atoms with van der Waals surface area (Å²) in [6.07, 6.45) is -1.36. The molecular weight excluding hydrogens is 426 g/mol. The maximum Gasteiger partial charge on any atom is 0.416 e. The molecule has 4 aromatic rings. The van der Waals surface area contributed by atoms with Crippen LogP contribution in [0.2, 0.25) is 10.0 Å². The van der Waals surface area contributed by atoms with Crippen molar-refractivity contribution in [3.63, 3.8) is 0 Å². The van der Waals surface area contributed by atoms with Crippen LogP contribution in [0.1, 0.15) is 11.4 Å². The molecule has 2 aromatic heterocycles. The number of benzene rings is 2. The summed E-state index contributed by atoms with van der Waals surface area (Å²) in [5.74, 6) is 1.49. The second kappa shape index (κ2) is 7.20. The molecule has 0 aliphatic carbocycles. The molecule has 0 atom stereocenters. The van der Waals surface area contributed by atoms with Crippen LogP contribution in [0.5, 0.6) is 0 Å². The number of rotatable bonds is 3. The van der Waals surface area contributed by atoms with Crippen molar-refractivity contribution < 1.29 is 13.2 Å². The first kappa shape index (κ1) is 19.5. The highest BCUT2D eigenvalue weighted by molar-refractivity contribution is 6.42. The van der Waals surface area contributed by atoms with E-state index < -0.39 is 11.7 Å². The Bertz CT molecular complexity index is 1200. The second-order valence-corrected chi connectivity index (χ2v) is 7.03. The molecule has 5 nitrogen and oxygen atoms in total. The van der Waals surface area contributed by atoms with Crippen molar-refractivity contribution in [2.45, 2.75) is 13.1 Å². The van der Waals surface area contributed by atoms with Crippen LogP contribution < -0.4 is 5.32 Å². The van der Waals surface area contributed by atoms with E-state index in [-0.39, 0.29) is 0 Å². The van der Waals surface area contributed by atoms with Gasteiger partial charge in [0.1, 0.15) is 5.82 Å². The zero-order valence-electron chi connectivity index (χ0n) is 14.8. The number of anilines is 2. The minimum absolute atomic E-state index is 0.364. The number of aromatic nitrogens is 4. The molecule has 10 heteroatoms. The first-order chi connectivity index (χ1) is 13.7. The Morgan fingerprint density at radius 3 is 2.34 bits per heavy atom. The number of nitrogens with zero attached hydrogens (tertiary/aromatic N) is 4. The third-order valence-corrected chi connectivity index (χ3v) is 4.92. The molecule has 1 N–H and O–H groups in total. The monoisotopic (exact) mass is 437 g/mol. The van der Waals surface area contributed by atoms with Crippen molar-refractivity contribution in [2.24, 2.45) is 0 Å². The molecule has 0 amide bonds. The number of imidazole rings is 1. The van der Waals surface area contributed by atoms with Gasteiger partial charge in [0.15, 0.2) is 11.6 Å². The van der Waals surface area contributed by atoms with Gasteiger partial charge in [-0.15, -0.1) is 0 Å². The number of nitrogens with one attached hydrogen (secondary N) is 1. The minimum atomic E-state index is -4.39. The van der Waals surface area contributed by atoms with E-state index in [9.17, 15) is 13.2 Å². The number of halogens is 5. The standard InChI is InChI=1S/C19H12Cl2F3N5/c1-10-26-15-6-13(20)14(21)7-16(15)29(10)18-9-25-8-17(28-18)27-12-4-2-11(3-5-12)19(22,23)24/h2-9H,1H3,(H,27,28). The van der Waals surface area contributed by atoms with E-state index in [1.165, 1.54) is 18.3 Å². The molecule has 0 radical (unpaired) electrons. The summed E-state index contributed by atoms with van der Waals surface area (Å²) in [6.45, 7) is 1.81. The molecule has 29 heavy (non-hydrogen) atoms. The van der Waals surface area contributed by atoms with Crippen LogP contribution >= 0.6 is 23.2 Å². The highest BCUT2D eigenvalue weighted by Crippen LogP contribution is 2.31. The predicted octanol–water partition coefficient (Wildman–Crippen LogP) is 6.19. The van der Waals surface area contributed by atoms with E-state index in [1.54, 1.807) is 29.8 Å². The smallest absolute Gasteiger partial charge is 0.339 e. The van der Waals surface area contributed by atoms with Crippen LogP contribution in [0, 0.1) is 6.92 Å². The van der Waals surface area contributed by atoms with E-state index in [4.69, 9.17) is 23.2 Å². The van der Waals surface area contributed by atoms with Crippen LogP contribution in [0.3, 0.4) is 0 Å². The van der Waals surface area contributed by atoms with Crippen molar-refractivity contribution in [1.82, 2.24) is 19.5 Å². The van der Waals surface area contributed by atoms with Gasteiger partial charge >= 0.3 is 6.18 Å². The molecule has 0 aliphatic heterocycles. The highest BCUT2D eigenvalue weighted by Gasteiger charge is 2.29. The van der Waals surface area contributed by atoms with Crippen LogP contribution in [-0.2, 0) is 6.18 Å². The molecule has 0 spiro atoms. The molecule has 0 unspecified atom stereocenters. The number of fused-ring (bicyclic) bond motifs is 1. The average molecular weight is 438 g/mol. The summed E-state index contributed by atoms with van der Waals surface area (Å²) in [4.78, 5) is 13.1. The Morgan fingerprint density at radius 1 is 0.966 bits per heavy atom. The molecule has 2 aromatic carbocycles. The van der Waals surface area contributed by atoms with E-state index in [1.807, 2.05) is 0 Å². The Labute approximate surface area is 173 Å². The normalized spacial score (nSPS) is 11.8. The first-order valence-corrected chi connectivity index (χ1v) is 9.09. The van der Waals surface area contributed by atoms with Gasteiger partial charge in [-0.05, 0) is 43.3 Å². The lowest BCUT2D eigenvalue weighted by molar-refractivity contribution is -0.137. The van der Waals surface area contributed by atoms with Gasteiger partial charge in [-0.25, -0.2) is 9.97 Å². The van der Waals surface area contributed by atoms with Crippen LogP contribution in [0.4, 0.5) is 24.7 Å². The summed E-state index contributed by atoms with van der Waals surface area (Å²) < 4.78 is 39.9. The molecular formula is C19H12Cl2F3N5. The van der Waals surface area contributed by atoms with Gasteiger partial charge in [-0.1, -0.05) is 23.2 Å². The summed E-state index contributed by atoms with van der Waals surface area (Å²) in [7, 11) is 0. The highest BCUT2D eigenvalue weighted by atomic mass is 35.5. The third kappa shape index (κ3) is 3.86. The Balaban J connectivity index is 1.69. The zero-order valence-corrected chi connectivity index (χ0v) is 16.3. The van der Waals surface area contributed by atoms with Gasteiger partial charge in [0, 0.05) is 5.69 Å². The van der Waals surface area contributed by atoms with Crippen LogP contribution in [0.15, 0.2) is 48.8 Å². The topological polar surface area (TPSA) is 55.6 Å². The van der Waals surface area contributed by atoms with E-state index >= 15 is 0 Å². The Hall–Kier alpha value is -2.84. The fraction of sp³-hybridized carbons (Fsp3) is 0.105. The van der Waals surface area contributed by atoms with Gasteiger partial charge < -0.3 is 5.32 Å². The van der Waals surface area contributed by atoms with Crippen molar-refractivity contribution in [1.29, 1.82) is 0 Å². The van der Waals surface area contributed by atoms with Crippen LogP contribution in [-0.4, -0.2) is 19.5 Å². The summed E-state index contributed by atoms with van der Waals surface area (Å²) in [5, 5.41) is 3.73. The van der Waals surface area contributed by atoms with Gasteiger partial charge in [-0.2, -0.15) is 13.2 Å². The summed E-state index contributed by atoms with van der Waals surface area (Å²) in [6, 6.07) is 8.02. The van der Waals surface area contributed by atoms with Crippen molar-refractivity contribution >= 4 is 45.7 Å². The minimum Gasteiger partial charge on any atom is -0.339 e. The molecule has 148 valence electrons. The maximum atomic E-state index is 12.7. The number of hydrogen-bond acceptors (Lipinski definition) is 4. The van der Waals surface area contributed by atoms with Gasteiger partial charge in [0.05, 0.1) is 39.0 Å².